The highest BCUT2D eigenvalue weighted by Gasteiger charge is 2.67. The minimum absolute atomic E-state index is 0.774. The van der Waals surface area contributed by atoms with Crippen molar-refractivity contribution in [3.05, 3.63) is 10.4 Å². The Morgan fingerprint density at radius 1 is 0.976 bits per heavy atom. The van der Waals surface area contributed by atoms with Crippen molar-refractivity contribution in [1.29, 1.82) is 0 Å². The summed E-state index contributed by atoms with van der Waals surface area (Å²) < 4.78 is 51.6. The van der Waals surface area contributed by atoms with Crippen LogP contribution in [0, 0.1) is 0 Å². The number of carbonyl (C=O) groups is 7. The Hall–Kier alpha value is -4.51. The molecule has 1 rings (SSSR count). The van der Waals surface area contributed by atoms with Crippen LogP contribution in [-0.2, 0) is 66.7 Å². The molecule has 19 heteroatoms. The van der Waals surface area contributed by atoms with E-state index in [1.165, 1.54) is 0 Å². The van der Waals surface area contributed by atoms with Gasteiger partial charge in [-0.3, -0.25) is 28.8 Å². The van der Waals surface area contributed by atoms with Gasteiger partial charge < -0.3 is 38.5 Å². The summed E-state index contributed by atoms with van der Waals surface area (Å²) in [6.07, 6.45) is -11.0. The van der Waals surface area contributed by atoms with E-state index in [1.54, 1.807) is 0 Å². The number of halogens is 1. The fraction of sp³-hybridized carbons (Fsp3) is 0.682. The molecule has 228 valence electrons. The van der Waals surface area contributed by atoms with E-state index in [0.29, 0.717) is 0 Å². The molecule has 0 aromatic rings. The molecule has 7 atom stereocenters. The lowest BCUT2D eigenvalue weighted by molar-refractivity contribution is -0.326. The third-order valence-corrected chi connectivity index (χ3v) is 5.10. The Morgan fingerprint density at radius 3 is 2.05 bits per heavy atom. The van der Waals surface area contributed by atoms with Crippen molar-refractivity contribution >= 4 is 41.7 Å². The van der Waals surface area contributed by atoms with Crippen LogP contribution < -0.4 is 5.32 Å². The van der Waals surface area contributed by atoms with Gasteiger partial charge in [0.05, 0.1) is 13.2 Å². The summed E-state index contributed by atoms with van der Waals surface area (Å²) >= 11 is 0. The predicted molar refractivity (Wildman–Crippen MR) is 126 cm³/mol. The second-order valence-corrected chi connectivity index (χ2v) is 8.32. The highest BCUT2D eigenvalue weighted by atomic mass is 19.1. The van der Waals surface area contributed by atoms with Crippen LogP contribution in [0.4, 0.5) is 4.39 Å². The summed E-state index contributed by atoms with van der Waals surface area (Å²) in [5.41, 5.74) is 8.55. The zero-order chi connectivity index (χ0) is 31.5. The first-order valence-corrected chi connectivity index (χ1v) is 11.6. The number of rotatable bonds is 12. The molecule has 1 aliphatic heterocycles. The highest BCUT2D eigenvalue weighted by molar-refractivity contribution is 5.83. The molecule has 0 spiro atoms. The molecule has 1 saturated heterocycles. The van der Waals surface area contributed by atoms with Gasteiger partial charge in [0.15, 0.2) is 18.3 Å². The van der Waals surface area contributed by atoms with Gasteiger partial charge in [-0.2, -0.15) is 0 Å². The number of carbonyl (C=O) groups excluding carboxylic acids is 7. The van der Waals surface area contributed by atoms with Crippen LogP contribution in [0.1, 0.15) is 34.6 Å². The minimum Gasteiger partial charge on any atom is -0.464 e. The van der Waals surface area contributed by atoms with E-state index in [0.717, 1.165) is 41.7 Å². The van der Waals surface area contributed by atoms with Crippen LogP contribution in [0.25, 0.3) is 10.4 Å². The number of nitrogens with one attached hydrogen (secondary N) is 1. The zero-order valence-corrected chi connectivity index (χ0v) is 22.8. The monoisotopic (exact) mass is 592 g/mol. The summed E-state index contributed by atoms with van der Waals surface area (Å²) in [5.74, 6) is -11.5. The van der Waals surface area contributed by atoms with E-state index in [2.05, 4.69) is 20.1 Å². The Morgan fingerprint density at radius 2 is 1.59 bits per heavy atom. The molecule has 1 N–H and O–H groups in total. The maximum absolute atomic E-state index is 16.2. The molecule has 18 nitrogen and oxygen atoms in total. The van der Waals surface area contributed by atoms with E-state index >= 15 is 4.39 Å². The normalized spacial score (nSPS) is 24.7. The number of hydrogen-bond acceptors (Lipinski definition) is 15. The predicted octanol–water partition coefficient (Wildman–Crippen LogP) is -0.691. The fourth-order valence-electron chi connectivity index (χ4n) is 3.81. The maximum atomic E-state index is 16.2. The molecule has 0 aromatic carbocycles. The number of azide groups is 1. The SMILES string of the molecule is COC(=O)C1(OC(C)=O)O[C@@H]([C@H](OC(C)=O)[C@@H](COC(C)=O)OC(C)=O)[C@H](NC(=O)CN=[N+]=[N-])[C@@H](OC(C)=O)[C@H]1F. The Bertz CT molecular complexity index is 1090. The van der Waals surface area contributed by atoms with Crippen LogP contribution in [0.5, 0.6) is 0 Å². The summed E-state index contributed by atoms with van der Waals surface area (Å²) in [6.45, 7) is 2.77. The molecule has 0 aliphatic carbocycles. The van der Waals surface area contributed by atoms with Crippen LogP contribution in [0.3, 0.4) is 0 Å². The molecule has 0 bridgehead atoms. The maximum Gasteiger partial charge on any atom is 0.383 e. The molecule has 0 radical (unpaired) electrons. The van der Waals surface area contributed by atoms with Gasteiger partial charge in [-0.15, -0.1) is 0 Å². The van der Waals surface area contributed by atoms with Crippen molar-refractivity contribution in [2.24, 2.45) is 5.11 Å². The van der Waals surface area contributed by atoms with E-state index in [9.17, 15) is 33.6 Å². The summed E-state index contributed by atoms with van der Waals surface area (Å²) in [4.78, 5) is 87.4. The molecule has 41 heavy (non-hydrogen) atoms. The van der Waals surface area contributed by atoms with Crippen molar-refractivity contribution in [2.45, 2.75) is 77.0 Å². The molecular weight excluding hydrogens is 563 g/mol. The molecule has 0 aromatic heterocycles. The average molecular weight is 592 g/mol. The molecule has 1 aliphatic rings. The number of hydrogen-bond donors (Lipinski definition) is 1. The van der Waals surface area contributed by atoms with Crippen molar-refractivity contribution in [3.8, 4) is 0 Å². The summed E-state index contributed by atoms with van der Waals surface area (Å²) in [5, 5.41) is 5.25. The topological polar surface area (TPSA) is 245 Å². The lowest BCUT2D eigenvalue weighted by atomic mass is 9.86. The Balaban J connectivity index is 4.00. The minimum atomic E-state index is -3.34. The van der Waals surface area contributed by atoms with Gasteiger partial charge in [0.2, 0.25) is 12.1 Å². The standard InChI is InChI=1S/C22H29FN4O14/c1-9(28)36-8-14(37-10(2)29)17(38-11(3)30)18-16(26-15(33)7-25-27-24)19(39-12(4)31)20(23)22(41-18,21(34)35-6)40-13(5)32/h14,16-20H,7-8H2,1-6H3,(H,26,33)/t14-,16+,17-,18-,19-,20-,22?/m1/s1. The van der Waals surface area contributed by atoms with E-state index in [4.69, 9.17) is 34.0 Å². The van der Waals surface area contributed by atoms with E-state index < -0.39 is 97.3 Å². The van der Waals surface area contributed by atoms with Gasteiger partial charge in [-0.25, -0.2) is 9.18 Å². The largest absolute Gasteiger partial charge is 0.464 e. The second-order valence-electron chi connectivity index (χ2n) is 8.32. The summed E-state index contributed by atoms with van der Waals surface area (Å²) in [6, 6.07) is -1.93. The van der Waals surface area contributed by atoms with Gasteiger partial charge in [-0.05, 0) is 5.53 Å². The van der Waals surface area contributed by atoms with Crippen LogP contribution in [0.15, 0.2) is 5.11 Å². The van der Waals surface area contributed by atoms with Gasteiger partial charge >= 0.3 is 41.6 Å². The molecule has 0 saturated carbocycles. The molecule has 1 unspecified atom stereocenters. The van der Waals surface area contributed by atoms with Gasteiger partial charge in [0, 0.05) is 39.5 Å². The highest BCUT2D eigenvalue weighted by Crippen LogP contribution is 2.39. The van der Waals surface area contributed by atoms with Crippen LogP contribution in [0.2, 0.25) is 0 Å². The second kappa shape index (κ2) is 15.3. The number of alkyl halides is 1. The van der Waals surface area contributed by atoms with Gasteiger partial charge in [-0.1, -0.05) is 5.11 Å². The van der Waals surface area contributed by atoms with Crippen molar-refractivity contribution < 1.29 is 71.1 Å². The van der Waals surface area contributed by atoms with E-state index in [1.807, 2.05) is 0 Å². The van der Waals surface area contributed by atoms with Crippen molar-refractivity contribution in [3.63, 3.8) is 0 Å². The number of amides is 1. The zero-order valence-electron chi connectivity index (χ0n) is 22.8. The van der Waals surface area contributed by atoms with Crippen molar-refractivity contribution in [2.75, 3.05) is 20.3 Å². The number of nitrogens with zero attached hydrogens (tertiary/aromatic N) is 3. The lowest BCUT2D eigenvalue weighted by Gasteiger charge is -2.49. The third-order valence-electron chi connectivity index (χ3n) is 5.10. The van der Waals surface area contributed by atoms with Gasteiger partial charge in [0.1, 0.15) is 19.3 Å². The molecule has 1 amide bonds. The molecule has 1 heterocycles. The van der Waals surface area contributed by atoms with Crippen LogP contribution >= 0.6 is 0 Å². The lowest BCUT2D eigenvalue weighted by Crippen LogP contribution is -2.74. The quantitative estimate of drug-likeness (QED) is 0.0969. The first-order chi connectivity index (χ1) is 19.1. The number of methoxy groups -OCH3 is 1. The molecular formula is C22H29FN4O14. The number of esters is 6. The average Bonchev–Trinajstić information content (AvgIpc) is 2.86. The first kappa shape index (κ1) is 34.5. The third kappa shape index (κ3) is 9.57. The van der Waals surface area contributed by atoms with Gasteiger partial charge in [0.25, 0.3) is 0 Å². The van der Waals surface area contributed by atoms with Crippen molar-refractivity contribution in [1.82, 2.24) is 5.32 Å². The number of ether oxygens (including phenoxy) is 7. The Kier molecular flexibility index (Phi) is 12.9. The Labute approximate surface area is 231 Å². The molecule has 1 fully saturated rings. The first-order valence-electron chi connectivity index (χ1n) is 11.6. The smallest absolute Gasteiger partial charge is 0.383 e. The van der Waals surface area contributed by atoms with Crippen LogP contribution in [-0.4, -0.2) is 104 Å². The summed E-state index contributed by atoms with van der Waals surface area (Å²) in [7, 11) is 0.777. The van der Waals surface area contributed by atoms with E-state index in [-0.39, 0.29) is 0 Å². The fourth-order valence-corrected chi connectivity index (χ4v) is 3.81.